The van der Waals surface area contributed by atoms with E-state index in [1.54, 1.807) is 26.4 Å². The van der Waals surface area contributed by atoms with Crippen LogP contribution in [-0.4, -0.2) is 49.3 Å². The van der Waals surface area contributed by atoms with Gasteiger partial charge in [0.2, 0.25) is 0 Å². The van der Waals surface area contributed by atoms with Gasteiger partial charge in [0.25, 0.3) is 0 Å². The number of nitrogens with zero attached hydrogens (tertiary/aromatic N) is 1. The van der Waals surface area contributed by atoms with E-state index < -0.39 is 17.5 Å². The number of carbonyl (C=O) groups is 1. The molecule has 0 aromatic heterocycles. The van der Waals surface area contributed by atoms with Crippen LogP contribution in [0, 0.1) is 17.3 Å². The number of allylic oxidation sites excluding steroid dienone is 4. The van der Waals surface area contributed by atoms with Crippen LogP contribution in [0.15, 0.2) is 52.2 Å². The van der Waals surface area contributed by atoms with Gasteiger partial charge < -0.3 is 14.7 Å². The van der Waals surface area contributed by atoms with Crippen LogP contribution in [0.25, 0.3) is 0 Å². The molecule has 2 saturated carbocycles. The lowest BCUT2D eigenvalue weighted by atomic mass is 9.51. The van der Waals surface area contributed by atoms with Crippen LogP contribution < -0.4 is 0 Å². The predicted molar refractivity (Wildman–Crippen MR) is 133 cm³/mol. The Morgan fingerprint density at radius 2 is 1.86 bits per heavy atom. The molecule has 0 unspecified atom stereocenters. The van der Waals surface area contributed by atoms with Gasteiger partial charge in [0.05, 0.1) is 12.2 Å². The van der Waals surface area contributed by atoms with Crippen LogP contribution in [0.1, 0.15) is 68.9 Å². The summed E-state index contributed by atoms with van der Waals surface area (Å²) in [5, 5.41) is 11.5. The molecule has 37 heavy (non-hydrogen) atoms. The minimum atomic E-state index is -4.75. The Bertz CT molecular complexity index is 1170. The normalized spacial score (nSPS) is 34.1. The van der Waals surface area contributed by atoms with Gasteiger partial charge in [0.1, 0.15) is 0 Å². The zero-order valence-corrected chi connectivity index (χ0v) is 21.5. The number of rotatable bonds is 5. The number of oxime groups is 1. The topological polar surface area (TPSA) is 68.1 Å². The number of ether oxygens (including phenoxy) is 2. The van der Waals surface area contributed by atoms with E-state index in [1.165, 1.54) is 23.3 Å². The molecule has 0 amide bonds. The maximum atomic E-state index is 13.3. The number of methoxy groups -OCH3 is 2. The summed E-state index contributed by atoms with van der Waals surface area (Å²) in [5.74, 6) is 0.874. The first-order valence-corrected chi connectivity index (χ1v) is 13.0. The van der Waals surface area contributed by atoms with Crippen molar-refractivity contribution in [3.05, 3.63) is 58.2 Å². The molecule has 2 fully saturated rings. The van der Waals surface area contributed by atoms with Crippen molar-refractivity contribution in [1.82, 2.24) is 0 Å². The first-order valence-electron chi connectivity index (χ1n) is 13.0. The smallest absolute Gasteiger partial charge is 0.410 e. The lowest BCUT2D eigenvalue weighted by Gasteiger charge is -2.55. The Kier molecular flexibility index (Phi) is 6.64. The van der Waals surface area contributed by atoms with Crippen LogP contribution in [-0.2, 0) is 14.3 Å². The molecule has 1 aromatic rings. The van der Waals surface area contributed by atoms with Crippen LogP contribution in [0.4, 0.5) is 13.2 Å². The average molecular weight is 518 g/mol. The lowest BCUT2D eigenvalue weighted by Crippen LogP contribution is -2.54. The van der Waals surface area contributed by atoms with E-state index in [-0.39, 0.29) is 22.7 Å². The second kappa shape index (κ2) is 9.38. The second-order valence-electron chi connectivity index (χ2n) is 11.2. The van der Waals surface area contributed by atoms with Crippen molar-refractivity contribution in [2.45, 2.75) is 69.6 Å². The Morgan fingerprint density at radius 3 is 2.49 bits per heavy atom. The molecule has 5 atom stereocenters. The van der Waals surface area contributed by atoms with Gasteiger partial charge in [-0.25, -0.2) is 0 Å². The van der Waals surface area contributed by atoms with Gasteiger partial charge in [-0.2, -0.15) is 13.2 Å². The third-order valence-corrected chi connectivity index (χ3v) is 9.75. The molecule has 5 rings (SSSR count). The fourth-order valence-electron chi connectivity index (χ4n) is 8.05. The fraction of sp³-hybridized carbons (Fsp3) is 0.586. The van der Waals surface area contributed by atoms with E-state index in [4.69, 9.17) is 14.7 Å². The molecule has 0 spiro atoms. The predicted octanol–water partition coefficient (Wildman–Crippen LogP) is 6.36. The minimum Gasteiger partial charge on any atom is -0.410 e. The summed E-state index contributed by atoms with van der Waals surface area (Å²) >= 11 is 0. The van der Waals surface area contributed by atoms with Crippen molar-refractivity contribution in [3.63, 3.8) is 0 Å². The molecular formula is C29H34F3NO4. The standard InChI is InChI=1S/C29H34F3NO4/c1-27-15-23(17-4-6-18(7-5-17)26(33-35)29(30,31)32)25-21-11-9-20(34)14-19(21)8-10-22(25)24(27)12-13-28(27,37-3)16-36-2/h4-7,14,22-24,35H,8-13,15-16H2,1-3H3/b33-26-/t22-,23+,24-,27-,28+/m0/s1. The van der Waals surface area contributed by atoms with E-state index in [9.17, 15) is 18.0 Å². The number of carbonyl (C=O) groups excluding carboxylic acids is 1. The largest absolute Gasteiger partial charge is 0.437 e. The molecule has 200 valence electrons. The number of halogens is 3. The Balaban J connectivity index is 1.63. The summed E-state index contributed by atoms with van der Waals surface area (Å²) < 4.78 is 51.9. The number of alkyl halides is 3. The molecule has 0 heterocycles. The van der Waals surface area contributed by atoms with E-state index in [2.05, 4.69) is 12.1 Å². The van der Waals surface area contributed by atoms with Crippen LogP contribution in [0.5, 0.6) is 0 Å². The van der Waals surface area contributed by atoms with Gasteiger partial charge in [-0.3, -0.25) is 4.79 Å². The number of ketones is 1. The highest BCUT2D eigenvalue weighted by atomic mass is 19.4. The van der Waals surface area contributed by atoms with Gasteiger partial charge in [-0.15, -0.1) is 0 Å². The minimum absolute atomic E-state index is 0.0166. The van der Waals surface area contributed by atoms with Crippen molar-refractivity contribution >= 4 is 11.5 Å². The Labute approximate surface area is 215 Å². The molecule has 4 aliphatic carbocycles. The van der Waals surface area contributed by atoms with Crippen molar-refractivity contribution in [1.29, 1.82) is 0 Å². The molecule has 0 radical (unpaired) electrons. The highest BCUT2D eigenvalue weighted by Crippen LogP contribution is 2.67. The van der Waals surface area contributed by atoms with Crippen LogP contribution in [0.3, 0.4) is 0 Å². The first-order chi connectivity index (χ1) is 17.6. The molecule has 0 saturated heterocycles. The number of fused-ring (bicyclic) bond motifs is 4. The quantitative estimate of drug-likeness (QED) is 0.280. The maximum Gasteiger partial charge on any atom is 0.437 e. The van der Waals surface area contributed by atoms with E-state index >= 15 is 0 Å². The number of hydrogen-bond acceptors (Lipinski definition) is 5. The molecule has 0 bridgehead atoms. The summed E-state index contributed by atoms with van der Waals surface area (Å²) in [6, 6.07) is 6.25. The van der Waals surface area contributed by atoms with Gasteiger partial charge in [-0.1, -0.05) is 41.9 Å². The Hall–Kier alpha value is -2.45. The Morgan fingerprint density at radius 1 is 1.14 bits per heavy atom. The number of hydrogen-bond donors (Lipinski definition) is 1. The average Bonchev–Trinajstić information content (AvgIpc) is 3.15. The summed E-state index contributed by atoms with van der Waals surface area (Å²) in [5.41, 5.74) is 2.59. The molecular weight excluding hydrogens is 483 g/mol. The van der Waals surface area contributed by atoms with Crippen LogP contribution in [0.2, 0.25) is 0 Å². The summed E-state index contributed by atoms with van der Waals surface area (Å²) in [6.07, 6.45) is 2.81. The molecule has 4 aliphatic rings. The van der Waals surface area contributed by atoms with Crippen molar-refractivity contribution in [2.75, 3.05) is 20.8 Å². The van der Waals surface area contributed by atoms with Crippen molar-refractivity contribution in [3.8, 4) is 0 Å². The molecule has 1 N–H and O–H groups in total. The monoisotopic (exact) mass is 517 g/mol. The zero-order valence-electron chi connectivity index (χ0n) is 21.5. The van der Waals surface area contributed by atoms with Gasteiger partial charge in [0, 0.05) is 37.5 Å². The molecule has 5 nitrogen and oxygen atoms in total. The SMILES string of the molecule is COC[C@]1(OC)CC[C@H]2[C@@H]3CCC4=CC(=O)CCC4=C3[C@@H](c3ccc(/C(=N/O)C(F)(F)F)cc3)C[C@@]21C. The summed E-state index contributed by atoms with van der Waals surface area (Å²) in [4.78, 5) is 12.2. The highest BCUT2D eigenvalue weighted by molar-refractivity contribution is 6.04. The second-order valence-corrected chi connectivity index (χ2v) is 11.2. The zero-order chi connectivity index (χ0) is 26.6. The van der Waals surface area contributed by atoms with Gasteiger partial charge in [0.15, 0.2) is 11.5 Å². The summed E-state index contributed by atoms with van der Waals surface area (Å²) in [7, 11) is 3.45. The highest BCUT2D eigenvalue weighted by Gasteiger charge is 2.63. The van der Waals surface area contributed by atoms with Crippen molar-refractivity contribution < 1.29 is 32.6 Å². The van der Waals surface area contributed by atoms with E-state index in [0.717, 1.165) is 49.7 Å². The molecule has 8 heteroatoms. The van der Waals surface area contributed by atoms with Gasteiger partial charge >= 0.3 is 6.18 Å². The maximum absolute atomic E-state index is 13.3. The van der Waals surface area contributed by atoms with E-state index in [0.29, 0.717) is 24.9 Å². The molecule has 1 aromatic carbocycles. The summed E-state index contributed by atoms with van der Waals surface area (Å²) in [6.45, 7) is 2.79. The lowest BCUT2D eigenvalue weighted by molar-refractivity contribution is -0.149. The third-order valence-electron chi connectivity index (χ3n) is 9.75. The first kappa shape index (κ1) is 26.2. The fourth-order valence-corrected chi connectivity index (χ4v) is 8.05. The van der Waals surface area contributed by atoms with Gasteiger partial charge in [-0.05, 0) is 73.1 Å². The molecule has 0 aliphatic heterocycles. The third kappa shape index (κ3) is 4.07. The van der Waals surface area contributed by atoms with Crippen LogP contribution >= 0.6 is 0 Å². The van der Waals surface area contributed by atoms with Crippen molar-refractivity contribution in [2.24, 2.45) is 22.4 Å². The number of benzene rings is 1. The van der Waals surface area contributed by atoms with E-state index in [1.807, 2.05) is 6.08 Å².